The predicted octanol–water partition coefficient (Wildman–Crippen LogP) is 2.60. The van der Waals surface area contributed by atoms with Gasteiger partial charge in [-0.2, -0.15) is 13.2 Å². The van der Waals surface area contributed by atoms with Crippen molar-refractivity contribution in [1.82, 2.24) is 9.80 Å². The third-order valence-corrected chi connectivity index (χ3v) is 5.92. The summed E-state index contributed by atoms with van der Waals surface area (Å²) in [4.78, 5) is 42.7. The van der Waals surface area contributed by atoms with E-state index in [0.29, 0.717) is 37.6 Å². The maximum Gasteiger partial charge on any atom is 0.418 e. The highest BCUT2D eigenvalue weighted by Crippen LogP contribution is 2.34. The van der Waals surface area contributed by atoms with Crippen LogP contribution in [0.15, 0.2) is 48.5 Å². The molecule has 0 saturated carbocycles. The number of fused-ring (bicyclic) bond motifs is 1. The van der Waals surface area contributed by atoms with Gasteiger partial charge in [-0.15, -0.1) is 0 Å². The second-order valence-corrected chi connectivity index (χ2v) is 8.29. The van der Waals surface area contributed by atoms with Gasteiger partial charge in [0, 0.05) is 26.2 Å². The fraction of sp³-hybridized carbons (Fsp3) is 0.375. The molecule has 0 spiro atoms. The first-order valence-electron chi connectivity index (χ1n) is 11.2. The molecular formula is C24H25F3N4O4. The van der Waals surface area contributed by atoms with Gasteiger partial charge >= 0.3 is 6.18 Å². The normalized spacial score (nSPS) is 16.8. The number of hydrogen-bond acceptors (Lipinski definition) is 5. The number of anilines is 2. The first-order valence-corrected chi connectivity index (χ1v) is 11.2. The molecule has 0 bridgehead atoms. The van der Waals surface area contributed by atoms with Crippen molar-refractivity contribution >= 4 is 29.1 Å². The van der Waals surface area contributed by atoms with Crippen LogP contribution in [0.1, 0.15) is 12.0 Å². The number of nitrogens with one attached hydrogen (secondary N) is 1. The zero-order chi connectivity index (χ0) is 25.0. The minimum absolute atomic E-state index is 0.0937. The summed E-state index contributed by atoms with van der Waals surface area (Å²) in [6.45, 7) is 1.48. The lowest BCUT2D eigenvalue weighted by Gasteiger charge is -2.35. The molecule has 2 aliphatic rings. The average molecular weight is 490 g/mol. The smallest absolute Gasteiger partial charge is 0.418 e. The number of rotatable bonds is 5. The summed E-state index contributed by atoms with van der Waals surface area (Å²) in [6.07, 6.45) is -4.40. The molecule has 2 aromatic carbocycles. The molecule has 2 heterocycles. The van der Waals surface area contributed by atoms with Gasteiger partial charge in [-0.1, -0.05) is 24.3 Å². The number of piperazine rings is 1. The van der Waals surface area contributed by atoms with E-state index in [9.17, 15) is 27.6 Å². The van der Waals surface area contributed by atoms with Gasteiger partial charge in [-0.05, 0) is 24.3 Å². The van der Waals surface area contributed by atoms with Crippen LogP contribution in [-0.2, 0) is 20.6 Å². The molecule has 0 radical (unpaired) electrons. The number of alkyl halides is 3. The van der Waals surface area contributed by atoms with Crippen LogP contribution in [0, 0.1) is 0 Å². The summed E-state index contributed by atoms with van der Waals surface area (Å²) >= 11 is 0. The van der Waals surface area contributed by atoms with Crippen molar-refractivity contribution in [3.8, 4) is 5.75 Å². The number of benzene rings is 2. The number of ether oxygens (including phenoxy) is 1. The van der Waals surface area contributed by atoms with Gasteiger partial charge in [0.2, 0.25) is 17.7 Å². The molecule has 3 amide bonds. The molecule has 1 N–H and O–H groups in total. The topological polar surface area (TPSA) is 82.2 Å². The second kappa shape index (κ2) is 10.3. The van der Waals surface area contributed by atoms with E-state index in [1.165, 1.54) is 23.1 Å². The van der Waals surface area contributed by atoms with Crippen LogP contribution >= 0.6 is 0 Å². The minimum atomic E-state index is -4.57. The van der Waals surface area contributed by atoms with Crippen molar-refractivity contribution < 1.29 is 32.3 Å². The van der Waals surface area contributed by atoms with E-state index >= 15 is 0 Å². The molecule has 186 valence electrons. The molecule has 4 rings (SSSR count). The zero-order valence-corrected chi connectivity index (χ0v) is 18.9. The molecule has 1 fully saturated rings. The highest BCUT2D eigenvalue weighted by molar-refractivity contribution is 6.00. The third-order valence-electron chi connectivity index (χ3n) is 5.92. The van der Waals surface area contributed by atoms with Crippen molar-refractivity contribution in [3.63, 3.8) is 0 Å². The summed E-state index contributed by atoms with van der Waals surface area (Å²) in [7, 11) is 0. The predicted molar refractivity (Wildman–Crippen MR) is 122 cm³/mol. The van der Waals surface area contributed by atoms with Gasteiger partial charge in [0.1, 0.15) is 12.3 Å². The SMILES string of the molecule is O=C(CN1CCN(C(=O)CN2C(=O)CCOc3ccccc32)CC1)Nc1ccccc1C(F)(F)F. The van der Waals surface area contributed by atoms with Crippen molar-refractivity contribution in [3.05, 3.63) is 54.1 Å². The second-order valence-electron chi connectivity index (χ2n) is 8.29. The van der Waals surface area contributed by atoms with Crippen LogP contribution in [0.25, 0.3) is 0 Å². The van der Waals surface area contributed by atoms with Gasteiger partial charge in [-0.3, -0.25) is 24.2 Å². The molecule has 8 nitrogen and oxygen atoms in total. The monoisotopic (exact) mass is 490 g/mol. The molecule has 0 atom stereocenters. The first kappa shape index (κ1) is 24.5. The molecule has 0 unspecified atom stereocenters. The Hall–Kier alpha value is -3.60. The molecule has 1 saturated heterocycles. The van der Waals surface area contributed by atoms with Crippen LogP contribution in [0.5, 0.6) is 5.75 Å². The molecular weight excluding hydrogens is 465 g/mol. The number of hydrogen-bond donors (Lipinski definition) is 1. The maximum atomic E-state index is 13.1. The highest BCUT2D eigenvalue weighted by atomic mass is 19.4. The number of carbonyl (C=O) groups is 3. The van der Waals surface area contributed by atoms with Gasteiger partial charge in [-0.25, -0.2) is 0 Å². The van der Waals surface area contributed by atoms with Gasteiger partial charge in [0.25, 0.3) is 0 Å². The van der Waals surface area contributed by atoms with Gasteiger partial charge in [0.05, 0.1) is 36.5 Å². The fourth-order valence-electron chi connectivity index (χ4n) is 4.12. The average Bonchev–Trinajstić information content (AvgIpc) is 2.98. The van der Waals surface area contributed by atoms with E-state index in [1.807, 2.05) is 0 Å². The summed E-state index contributed by atoms with van der Waals surface area (Å²) < 4.78 is 45.0. The Morgan fingerprint density at radius 3 is 2.37 bits per heavy atom. The first-order chi connectivity index (χ1) is 16.7. The van der Waals surface area contributed by atoms with Crippen molar-refractivity contribution in [2.45, 2.75) is 12.6 Å². The Morgan fingerprint density at radius 2 is 1.63 bits per heavy atom. The number of halogens is 3. The fourth-order valence-corrected chi connectivity index (χ4v) is 4.12. The van der Waals surface area contributed by atoms with Crippen LogP contribution in [0.3, 0.4) is 0 Å². The van der Waals surface area contributed by atoms with E-state index in [2.05, 4.69) is 5.32 Å². The lowest BCUT2D eigenvalue weighted by Crippen LogP contribution is -2.53. The van der Waals surface area contributed by atoms with Crippen LogP contribution in [-0.4, -0.2) is 73.4 Å². The number of nitrogens with zero attached hydrogens (tertiary/aromatic N) is 3. The Balaban J connectivity index is 1.30. The van der Waals surface area contributed by atoms with E-state index in [0.717, 1.165) is 6.07 Å². The Labute approximate surface area is 200 Å². The third kappa shape index (κ3) is 5.91. The minimum Gasteiger partial charge on any atom is -0.491 e. The summed E-state index contributed by atoms with van der Waals surface area (Å²) in [5.74, 6) is -0.432. The van der Waals surface area contributed by atoms with E-state index in [1.54, 1.807) is 34.1 Å². The number of para-hydroxylation sites is 3. The lowest BCUT2D eigenvalue weighted by atomic mass is 10.1. The summed E-state index contributed by atoms with van der Waals surface area (Å²) in [5, 5.41) is 2.34. The van der Waals surface area contributed by atoms with E-state index < -0.39 is 17.6 Å². The number of carbonyl (C=O) groups excluding carboxylic acids is 3. The van der Waals surface area contributed by atoms with Gasteiger partial charge in [0.15, 0.2) is 0 Å². The van der Waals surface area contributed by atoms with E-state index in [-0.39, 0.29) is 43.6 Å². The van der Waals surface area contributed by atoms with Crippen LogP contribution in [0.2, 0.25) is 0 Å². The Morgan fingerprint density at radius 1 is 0.943 bits per heavy atom. The number of amides is 3. The molecule has 2 aromatic rings. The summed E-state index contributed by atoms with van der Waals surface area (Å²) in [6, 6.07) is 11.9. The van der Waals surface area contributed by atoms with Crippen molar-refractivity contribution in [2.24, 2.45) is 0 Å². The Bertz CT molecular complexity index is 1100. The van der Waals surface area contributed by atoms with Crippen molar-refractivity contribution in [2.75, 3.05) is 56.1 Å². The standard InChI is InChI=1S/C24H25F3N4O4/c25-24(26,27)17-5-1-2-6-18(17)28-21(32)15-29-10-12-30(13-11-29)23(34)16-31-19-7-3-4-8-20(19)35-14-9-22(31)33/h1-8H,9-16H2,(H,28,32). The molecule has 0 aromatic heterocycles. The molecule has 11 heteroatoms. The maximum absolute atomic E-state index is 13.1. The quantitative estimate of drug-likeness (QED) is 0.697. The zero-order valence-electron chi connectivity index (χ0n) is 18.9. The largest absolute Gasteiger partial charge is 0.491 e. The van der Waals surface area contributed by atoms with Crippen molar-refractivity contribution in [1.29, 1.82) is 0 Å². The lowest BCUT2D eigenvalue weighted by molar-refractivity contribution is -0.137. The molecule has 35 heavy (non-hydrogen) atoms. The Kier molecular flexibility index (Phi) is 7.25. The van der Waals surface area contributed by atoms with Crippen LogP contribution in [0.4, 0.5) is 24.5 Å². The highest BCUT2D eigenvalue weighted by Gasteiger charge is 2.34. The van der Waals surface area contributed by atoms with Crippen LogP contribution < -0.4 is 15.0 Å². The molecule has 0 aliphatic carbocycles. The van der Waals surface area contributed by atoms with Gasteiger partial charge < -0.3 is 15.0 Å². The molecule has 2 aliphatic heterocycles. The summed E-state index contributed by atoms with van der Waals surface area (Å²) in [5.41, 5.74) is -0.637. The van der Waals surface area contributed by atoms with E-state index in [4.69, 9.17) is 4.74 Å².